The van der Waals surface area contributed by atoms with E-state index < -0.39 is 0 Å². The van der Waals surface area contributed by atoms with Crippen LogP contribution in [0.2, 0.25) is 0 Å². The predicted molar refractivity (Wildman–Crippen MR) is 86.8 cm³/mol. The molecule has 0 spiro atoms. The molecule has 1 saturated heterocycles. The molecule has 2 aromatic rings. The maximum absolute atomic E-state index is 6.18. The van der Waals surface area contributed by atoms with E-state index in [4.69, 9.17) is 15.5 Å². The van der Waals surface area contributed by atoms with E-state index >= 15 is 0 Å². The number of ether oxygens (including phenoxy) is 1. The van der Waals surface area contributed by atoms with E-state index in [2.05, 4.69) is 30.5 Å². The van der Waals surface area contributed by atoms with E-state index in [1.807, 2.05) is 23.9 Å². The Morgan fingerprint density at radius 2 is 2.38 bits per heavy atom. The van der Waals surface area contributed by atoms with Gasteiger partial charge in [-0.05, 0) is 31.9 Å². The second-order valence-electron chi connectivity index (χ2n) is 5.69. The maximum atomic E-state index is 6.18. The molecule has 0 saturated carbocycles. The van der Waals surface area contributed by atoms with Crippen molar-refractivity contribution in [1.29, 1.82) is 0 Å². The molecule has 21 heavy (non-hydrogen) atoms. The average molecular weight is 305 g/mol. The van der Waals surface area contributed by atoms with Crippen LogP contribution in [-0.2, 0) is 11.2 Å². The molecule has 0 amide bonds. The Kier molecular flexibility index (Phi) is 4.52. The first-order chi connectivity index (χ1) is 10.2. The van der Waals surface area contributed by atoms with E-state index in [9.17, 15) is 0 Å². The SMILES string of the molecule is CCC(N)Cc1c(SC2CCOC2C)nc2ccccn12. The number of hydrogen-bond donors (Lipinski definition) is 1. The molecule has 1 aliphatic heterocycles. The van der Waals surface area contributed by atoms with Gasteiger partial charge in [-0.25, -0.2) is 4.98 Å². The van der Waals surface area contributed by atoms with E-state index in [-0.39, 0.29) is 6.04 Å². The number of pyridine rings is 1. The van der Waals surface area contributed by atoms with Crippen molar-refractivity contribution in [3.63, 3.8) is 0 Å². The number of imidazole rings is 1. The molecule has 1 fully saturated rings. The summed E-state index contributed by atoms with van der Waals surface area (Å²) in [5.74, 6) is 0. The van der Waals surface area contributed by atoms with Crippen LogP contribution < -0.4 is 5.73 Å². The van der Waals surface area contributed by atoms with Gasteiger partial charge in [0.1, 0.15) is 10.7 Å². The molecule has 3 heterocycles. The monoisotopic (exact) mass is 305 g/mol. The van der Waals surface area contributed by atoms with Gasteiger partial charge in [-0.2, -0.15) is 0 Å². The molecule has 3 rings (SSSR count). The predicted octanol–water partition coefficient (Wildman–Crippen LogP) is 2.88. The fourth-order valence-electron chi connectivity index (χ4n) is 2.71. The zero-order valence-corrected chi connectivity index (χ0v) is 13.5. The van der Waals surface area contributed by atoms with Crippen molar-refractivity contribution in [3.8, 4) is 0 Å². The minimum atomic E-state index is 0.182. The van der Waals surface area contributed by atoms with Crippen LogP contribution in [0.25, 0.3) is 5.65 Å². The number of nitrogens with two attached hydrogens (primary N) is 1. The number of fused-ring (bicyclic) bond motifs is 1. The van der Waals surface area contributed by atoms with Gasteiger partial charge in [0.25, 0.3) is 0 Å². The summed E-state index contributed by atoms with van der Waals surface area (Å²) < 4.78 is 7.85. The lowest BCUT2D eigenvalue weighted by Crippen LogP contribution is -2.23. The van der Waals surface area contributed by atoms with Crippen LogP contribution in [0.3, 0.4) is 0 Å². The van der Waals surface area contributed by atoms with Crippen LogP contribution in [-0.4, -0.2) is 33.4 Å². The van der Waals surface area contributed by atoms with E-state index in [1.54, 1.807) is 0 Å². The third-order valence-corrected chi connectivity index (χ3v) is 5.61. The van der Waals surface area contributed by atoms with Crippen LogP contribution in [0, 0.1) is 0 Å². The van der Waals surface area contributed by atoms with Gasteiger partial charge in [-0.15, -0.1) is 0 Å². The fourth-order valence-corrected chi connectivity index (χ4v) is 3.94. The van der Waals surface area contributed by atoms with E-state index in [0.29, 0.717) is 11.4 Å². The molecule has 0 aliphatic carbocycles. The normalized spacial score (nSPS) is 23.8. The molecule has 5 heteroatoms. The van der Waals surface area contributed by atoms with Gasteiger partial charge in [0.05, 0.1) is 11.8 Å². The smallest absolute Gasteiger partial charge is 0.138 e. The molecular formula is C16H23N3OS. The Morgan fingerprint density at radius 3 is 3.10 bits per heavy atom. The second kappa shape index (κ2) is 6.38. The van der Waals surface area contributed by atoms with Gasteiger partial charge in [0, 0.05) is 30.5 Å². The zero-order valence-electron chi connectivity index (χ0n) is 12.7. The maximum Gasteiger partial charge on any atom is 0.138 e. The molecule has 0 aromatic carbocycles. The van der Waals surface area contributed by atoms with Crippen LogP contribution >= 0.6 is 11.8 Å². The minimum Gasteiger partial charge on any atom is -0.377 e. The van der Waals surface area contributed by atoms with Crippen molar-refractivity contribution in [3.05, 3.63) is 30.1 Å². The molecule has 3 atom stereocenters. The van der Waals surface area contributed by atoms with Gasteiger partial charge < -0.3 is 14.9 Å². The van der Waals surface area contributed by atoms with Crippen molar-refractivity contribution < 1.29 is 4.74 Å². The first kappa shape index (κ1) is 14.9. The van der Waals surface area contributed by atoms with Crippen molar-refractivity contribution >= 4 is 17.4 Å². The summed E-state index contributed by atoms with van der Waals surface area (Å²) >= 11 is 1.85. The molecule has 0 bridgehead atoms. The summed E-state index contributed by atoms with van der Waals surface area (Å²) in [5.41, 5.74) is 8.43. The number of aromatic nitrogens is 2. The van der Waals surface area contributed by atoms with Gasteiger partial charge in [0.15, 0.2) is 0 Å². The molecule has 2 N–H and O–H groups in total. The highest BCUT2D eigenvalue weighted by molar-refractivity contribution is 8.00. The van der Waals surface area contributed by atoms with Crippen molar-refractivity contribution in [2.45, 2.75) is 55.5 Å². The van der Waals surface area contributed by atoms with Crippen LogP contribution in [0.1, 0.15) is 32.4 Å². The first-order valence-corrected chi connectivity index (χ1v) is 8.56. The Labute approximate surface area is 130 Å². The number of thioether (sulfide) groups is 1. The quantitative estimate of drug-likeness (QED) is 0.923. The largest absolute Gasteiger partial charge is 0.377 e. The van der Waals surface area contributed by atoms with Gasteiger partial charge >= 0.3 is 0 Å². The van der Waals surface area contributed by atoms with Crippen LogP contribution in [0.5, 0.6) is 0 Å². The highest BCUT2D eigenvalue weighted by Gasteiger charge is 2.27. The minimum absolute atomic E-state index is 0.182. The summed E-state index contributed by atoms with van der Waals surface area (Å²) in [4.78, 5) is 4.81. The highest BCUT2D eigenvalue weighted by atomic mass is 32.2. The van der Waals surface area contributed by atoms with Crippen molar-refractivity contribution in [1.82, 2.24) is 9.38 Å². The molecule has 3 unspecified atom stereocenters. The van der Waals surface area contributed by atoms with Gasteiger partial charge in [-0.3, -0.25) is 0 Å². The fraction of sp³-hybridized carbons (Fsp3) is 0.562. The molecular weight excluding hydrogens is 282 g/mol. The Bertz CT molecular complexity index is 613. The lowest BCUT2D eigenvalue weighted by atomic mass is 10.1. The van der Waals surface area contributed by atoms with Gasteiger partial charge in [-0.1, -0.05) is 24.8 Å². The van der Waals surface area contributed by atoms with E-state index in [1.165, 1.54) is 5.69 Å². The van der Waals surface area contributed by atoms with Crippen molar-refractivity contribution in [2.75, 3.05) is 6.61 Å². The summed E-state index contributed by atoms with van der Waals surface area (Å²) in [5, 5.41) is 1.61. The van der Waals surface area contributed by atoms with E-state index in [0.717, 1.165) is 36.5 Å². The molecule has 114 valence electrons. The standard InChI is InChI=1S/C16H23N3OS/c1-3-12(17)10-13-16(21-14-7-9-20-11(14)2)18-15-6-4-5-8-19(13)15/h4-6,8,11-12,14H,3,7,9-10,17H2,1-2H3. The number of hydrogen-bond acceptors (Lipinski definition) is 4. The zero-order chi connectivity index (χ0) is 14.8. The number of nitrogens with zero attached hydrogens (tertiary/aromatic N) is 2. The van der Waals surface area contributed by atoms with Crippen molar-refractivity contribution in [2.24, 2.45) is 5.73 Å². The average Bonchev–Trinajstić information content (AvgIpc) is 3.04. The second-order valence-corrected chi connectivity index (χ2v) is 6.91. The molecule has 0 radical (unpaired) electrons. The Morgan fingerprint density at radius 1 is 1.52 bits per heavy atom. The Balaban J connectivity index is 1.93. The highest BCUT2D eigenvalue weighted by Crippen LogP contribution is 2.34. The summed E-state index contributed by atoms with van der Waals surface area (Å²) in [6.07, 6.45) is 5.32. The topological polar surface area (TPSA) is 52.5 Å². The molecule has 4 nitrogen and oxygen atoms in total. The van der Waals surface area contributed by atoms with Crippen LogP contribution in [0.15, 0.2) is 29.4 Å². The molecule has 2 aromatic heterocycles. The lowest BCUT2D eigenvalue weighted by molar-refractivity contribution is 0.127. The third-order valence-electron chi connectivity index (χ3n) is 4.14. The third kappa shape index (κ3) is 3.10. The lowest BCUT2D eigenvalue weighted by Gasteiger charge is -2.14. The number of rotatable bonds is 5. The first-order valence-electron chi connectivity index (χ1n) is 7.68. The summed E-state index contributed by atoms with van der Waals surface area (Å²) in [7, 11) is 0. The molecule has 1 aliphatic rings. The Hall–Kier alpha value is -1.04. The summed E-state index contributed by atoms with van der Waals surface area (Å²) in [6.45, 7) is 5.14. The summed E-state index contributed by atoms with van der Waals surface area (Å²) in [6, 6.07) is 6.31. The van der Waals surface area contributed by atoms with Crippen LogP contribution in [0.4, 0.5) is 0 Å². The van der Waals surface area contributed by atoms with Gasteiger partial charge in [0.2, 0.25) is 0 Å².